The summed E-state index contributed by atoms with van der Waals surface area (Å²) in [5.41, 5.74) is 3.55. The number of fused-ring (bicyclic) bond motifs is 2. The van der Waals surface area contributed by atoms with Crippen LogP contribution in [0, 0.1) is 0 Å². The quantitative estimate of drug-likeness (QED) is 0.401. The number of rotatable bonds is 4. The lowest BCUT2D eigenvalue weighted by atomic mass is 9.71. The Kier molecular flexibility index (Phi) is 4.27. The summed E-state index contributed by atoms with van der Waals surface area (Å²) in [6.45, 7) is 0. The third-order valence-electron chi connectivity index (χ3n) is 4.70. The summed E-state index contributed by atoms with van der Waals surface area (Å²) in [4.78, 5) is 0. The van der Waals surface area contributed by atoms with E-state index in [1.807, 2.05) is 6.07 Å². The molecule has 0 fully saturated rings. The van der Waals surface area contributed by atoms with Gasteiger partial charge in [-0.15, -0.1) is 0 Å². The molecule has 0 amide bonds. The van der Waals surface area contributed by atoms with Gasteiger partial charge in [0.15, 0.2) is 0 Å². The molecule has 4 aromatic rings. The van der Waals surface area contributed by atoms with Crippen LogP contribution >= 0.6 is 0 Å². The highest BCUT2D eigenvalue weighted by molar-refractivity contribution is 6.68. The Balaban J connectivity index is 2.22. The van der Waals surface area contributed by atoms with Crippen molar-refractivity contribution in [3.05, 3.63) is 78.9 Å². The van der Waals surface area contributed by atoms with Crippen LogP contribution in [-0.4, -0.2) is 21.3 Å². The molecular weight excluding hydrogens is 307 g/mol. The van der Waals surface area contributed by atoms with Gasteiger partial charge in [0, 0.05) is 14.2 Å². The van der Waals surface area contributed by atoms with E-state index in [1.54, 1.807) is 14.2 Å². The molecule has 122 valence electrons. The van der Waals surface area contributed by atoms with E-state index in [4.69, 9.17) is 9.31 Å². The van der Waals surface area contributed by atoms with Gasteiger partial charge in [0.1, 0.15) is 0 Å². The SMILES string of the molecule is COB(OC)c1c2ccccc2c(-c2ccccc2)c2ccccc12. The predicted molar refractivity (Wildman–Crippen MR) is 106 cm³/mol. The third kappa shape index (κ3) is 2.62. The summed E-state index contributed by atoms with van der Waals surface area (Å²) in [5, 5.41) is 4.74. The molecule has 0 aliphatic carbocycles. The van der Waals surface area contributed by atoms with Crippen LogP contribution in [0.3, 0.4) is 0 Å². The maximum atomic E-state index is 5.63. The molecule has 0 unspecified atom stereocenters. The van der Waals surface area contributed by atoms with Crippen molar-refractivity contribution in [3.8, 4) is 11.1 Å². The molecule has 4 rings (SSSR count). The zero-order chi connectivity index (χ0) is 17.2. The molecule has 0 aliphatic rings. The molecule has 4 aromatic carbocycles. The van der Waals surface area contributed by atoms with E-state index in [9.17, 15) is 0 Å². The van der Waals surface area contributed by atoms with Gasteiger partial charge < -0.3 is 9.31 Å². The van der Waals surface area contributed by atoms with Crippen LogP contribution in [0.2, 0.25) is 0 Å². The lowest BCUT2D eigenvalue weighted by Crippen LogP contribution is -2.36. The van der Waals surface area contributed by atoms with E-state index >= 15 is 0 Å². The lowest BCUT2D eigenvalue weighted by Gasteiger charge is -2.19. The average molecular weight is 326 g/mol. The third-order valence-corrected chi connectivity index (χ3v) is 4.70. The van der Waals surface area contributed by atoms with Crippen LogP contribution in [0.1, 0.15) is 0 Å². The van der Waals surface area contributed by atoms with Crippen LogP contribution in [-0.2, 0) is 9.31 Å². The zero-order valence-corrected chi connectivity index (χ0v) is 14.4. The standard InChI is InChI=1S/C22H19BO2/c1-24-23(25-2)22-19-14-8-6-12-17(19)21(16-10-4-3-5-11-16)18-13-7-9-15-20(18)22/h3-15H,1-2H3. The topological polar surface area (TPSA) is 18.5 Å². The Morgan fingerprint density at radius 1 is 0.560 bits per heavy atom. The summed E-state index contributed by atoms with van der Waals surface area (Å²) in [7, 11) is 2.96. The van der Waals surface area contributed by atoms with E-state index in [1.165, 1.54) is 21.9 Å². The molecular formula is C22H19BO2. The molecule has 0 bridgehead atoms. The number of benzene rings is 4. The average Bonchev–Trinajstić information content (AvgIpc) is 2.69. The molecule has 0 spiro atoms. The summed E-state index contributed by atoms with van der Waals surface area (Å²) in [6, 6.07) is 27.5. The van der Waals surface area contributed by atoms with Crippen LogP contribution < -0.4 is 5.46 Å². The summed E-state index contributed by atoms with van der Waals surface area (Å²) < 4.78 is 11.3. The first kappa shape index (κ1) is 15.9. The molecule has 3 heteroatoms. The van der Waals surface area contributed by atoms with Crippen molar-refractivity contribution in [1.29, 1.82) is 0 Å². The van der Waals surface area contributed by atoms with Gasteiger partial charge in [0.05, 0.1) is 0 Å². The Bertz CT molecular complexity index is 967. The van der Waals surface area contributed by atoms with Gasteiger partial charge >= 0.3 is 7.12 Å². The Labute approximate surface area is 148 Å². The van der Waals surface area contributed by atoms with Gasteiger partial charge in [-0.2, -0.15) is 0 Å². The van der Waals surface area contributed by atoms with Crippen molar-refractivity contribution < 1.29 is 9.31 Å². The minimum atomic E-state index is -0.403. The van der Waals surface area contributed by atoms with Gasteiger partial charge in [-0.05, 0) is 38.1 Å². The van der Waals surface area contributed by atoms with Gasteiger partial charge in [-0.1, -0.05) is 78.9 Å². The van der Waals surface area contributed by atoms with Crippen molar-refractivity contribution in [1.82, 2.24) is 0 Å². The van der Waals surface area contributed by atoms with Crippen molar-refractivity contribution in [2.45, 2.75) is 0 Å². The van der Waals surface area contributed by atoms with Gasteiger partial charge in [0.25, 0.3) is 0 Å². The fourth-order valence-corrected chi connectivity index (χ4v) is 3.66. The maximum absolute atomic E-state index is 5.63. The van der Waals surface area contributed by atoms with E-state index in [-0.39, 0.29) is 0 Å². The molecule has 0 atom stereocenters. The van der Waals surface area contributed by atoms with E-state index < -0.39 is 7.12 Å². The highest BCUT2D eigenvalue weighted by Gasteiger charge is 2.25. The molecule has 0 aromatic heterocycles. The van der Waals surface area contributed by atoms with Crippen molar-refractivity contribution >= 4 is 34.1 Å². The van der Waals surface area contributed by atoms with Crippen LogP contribution in [0.5, 0.6) is 0 Å². The first-order valence-electron chi connectivity index (χ1n) is 8.39. The molecule has 0 N–H and O–H groups in total. The van der Waals surface area contributed by atoms with Crippen molar-refractivity contribution in [2.75, 3.05) is 14.2 Å². The fourth-order valence-electron chi connectivity index (χ4n) is 3.66. The van der Waals surface area contributed by atoms with Crippen molar-refractivity contribution in [3.63, 3.8) is 0 Å². The minimum Gasteiger partial charge on any atom is -0.410 e. The minimum absolute atomic E-state index is 0.403. The van der Waals surface area contributed by atoms with E-state index in [0.29, 0.717) is 0 Å². The monoisotopic (exact) mass is 326 g/mol. The highest BCUT2D eigenvalue weighted by atomic mass is 16.6. The van der Waals surface area contributed by atoms with Gasteiger partial charge in [-0.3, -0.25) is 0 Å². The van der Waals surface area contributed by atoms with E-state index in [2.05, 4.69) is 72.8 Å². The van der Waals surface area contributed by atoms with Crippen LogP contribution in [0.15, 0.2) is 78.9 Å². The fraction of sp³-hybridized carbons (Fsp3) is 0.0909. The molecule has 0 saturated carbocycles. The Hall–Kier alpha value is -2.62. The first-order valence-corrected chi connectivity index (χ1v) is 8.39. The molecule has 0 aliphatic heterocycles. The number of hydrogen-bond acceptors (Lipinski definition) is 2. The molecule has 0 radical (unpaired) electrons. The molecule has 0 heterocycles. The zero-order valence-electron chi connectivity index (χ0n) is 14.4. The van der Waals surface area contributed by atoms with Gasteiger partial charge in [-0.25, -0.2) is 0 Å². The predicted octanol–water partition coefficient (Wildman–Crippen LogP) is 4.65. The normalized spacial score (nSPS) is 11.1. The van der Waals surface area contributed by atoms with Gasteiger partial charge in [0.2, 0.25) is 0 Å². The molecule has 25 heavy (non-hydrogen) atoms. The second kappa shape index (κ2) is 6.71. The smallest absolute Gasteiger partial charge is 0.410 e. The Morgan fingerprint density at radius 3 is 1.48 bits per heavy atom. The van der Waals surface area contributed by atoms with Crippen molar-refractivity contribution in [2.24, 2.45) is 0 Å². The molecule has 2 nitrogen and oxygen atoms in total. The molecule has 0 saturated heterocycles. The maximum Gasteiger partial charge on any atom is 0.494 e. The van der Waals surface area contributed by atoms with Crippen LogP contribution in [0.4, 0.5) is 0 Å². The summed E-state index contributed by atoms with van der Waals surface area (Å²) in [6.07, 6.45) is 0. The lowest BCUT2D eigenvalue weighted by molar-refractivity contribution is 0.292. The second-order valence-corrected chi connectivity index (χ2v) is 6.05. The van der Waals surface area contributed by atoms with Crippen LogP contribution in [0.25, 0.3) is 32.7 Å². The Morgan fingerprint density at radius 2 is 1.00 bits per heavy atom. The first-order chi connectivity index (χ1) is 12.3. The largest absolute Gasteiger partial charge is 0.494 e. The number of hydrogen-bond donors (Lipinski definition) is 0. The highest BCUT2D eigenvalue weighted by Crippen LogP contribution is 2.35. The second-order valence-electron chi connectivity index (χ2n) is 6.05. The summed E-state index contributed by atoms with van der Waals surface area (Å²) in [5.74, 6) is 0. The van der Waals surface area contributed by atoms with E-state index in [0.717, 1.165) is 16.2 Å². The summed E-state index contributed by atoms with van der Waals surface area (Å²) >= 11 is 0.